The van der Waals surface area contributed by atoms with E-state index in [0.29, 0.717) is 13.2 Å². The standard InChI is InChI=1S/C24H30N2O3/c1-2-29-24(28)21-13-15-26(16-14-21)18-23(27)25-22(20-11-7-4-8-12-20)17-19-9-5-3-6-10-19/h3-12,21-22H,2,13-18H2,1H3,(H,25,27)/t22-/m1/s1. The smallest absolute Gasteiger partial charge is 0.309 e. The van der Waals surface area contributed by atoms with Crippen LogP contribution in [0.5, 0.6) is 0 Å². The number of rotatable bonds is 8. The minimum atomic E-state index is -0.108. The van der Waals surface area contributed by atoms with Crippen molar-refractivity contribution in [1.29, 1.82) is 0 Å². The molecule has 5 heteroatoms. The summed E-state index contributed by atoms with van der Waals surface area (Å²) >= 11 is 0. The number of hydrogen-bond acceptors (Lipinski definition) is 4. The first-order chi connectivity index (χ1) is 14.2. The second-order valence-corrected chi connectivity index (χ2v) is 7.52. The van der Waals surface area contributed by atoms with E-state index in [9.17, 15) is 9.59 Å². The fourth-order valence-electron chi connectivity index (χ4n) is 3.82. The van der Waals surface area contributed by atoms with Crippen LogP contribution < -0.4 is 5.32 Å². The molecular formula is C24H30N2O3. The van der Waals surface area contributed by atoms with Crippen molar-refractivity contribution in [3.05, 3.63) is 71.8 Å². The number of likely N-dealkylation sites (tertiary alicyclic amines) is 1. The van der Waals surface area contributed by atoms with E-state index in [1.54, 1.807) is 0 Å². The molecule has 0 spiro atoms. The highest BCUT2D eigenvalue weighted by Crippen LogP contribution is 2.20. The number of hydrogen-bond donors (Lipinski definition) is 1. The van der Waals surface area contributed by atoms with E-state index < -0.39 is 0 Å². The van der Waals surface area contributed by atoms with Crippen molar-refractivity contribution >= 4 is 11.9 Å². The molecule has 0 bridgehead atoms. The van der Waals surface area contributed by atoms with Crippen LogP contribution in [0.3, 0.4) is 0 Å². The Morgan fingerprint density at radius 1 is 1.03 bits per heavy atom. The lowest BCUT2D eigenvalue weighted by Gasteiger charge is -2.30. The Morgan fingerprint density at radius 2 is 1.66 bits per heavy atom. The number of piperidine rings is 1. The molecule has 1 heterocycles. The Morgan fingerprint density at radius 3 is 2.28 bits per heavy atom. The lowest BCUT2D eigenvalue weighted by Crippen LogP contribution is -2.44. The van der Waals surface area contributed by atoms with Gasteiger partial charge in [-0.25, -0.2) is 0 Å². The van der Waals surface area contributed by atoms with Crippen molar-refractivity contribution < 1.29 is 14.3 Å². The van der Waals surface area contributed by atoms with Crippen LogP contribution in [0.1, 0.15) is 36.9 Å². The summed E-state index contributed by atoms with van der Waals surface area (Å²) in [5.41, 5.74) is 2.29. The minimum absolute atomic E-state index is 0.0179. The largest absolute Gasteiger partial charge is 0.466 e. The summed E-state index contributed by atoms with van der Waals surface area (Å²) in [5, 5.41) is 3.21. The average Bonchev–Trinajstić information content (AvgIpc) is 2.75. The zero-order valence-corrected chi connectivity index (χ0v) is 17.0. The molecule has 29 heavy (non-hydrogen) atoms. The predicted octanol–water partition coefficient (Wildman–Crippen LogP) is 3.36. The number of carbonyl (C=O) groups is 2. The Hall–Kier alpha value is -2.66. The number of benzene rings is 2. The molecule has 1 atom stereocenters. The van der Waals surface area contributed by atoms with Gasteiger partial charge in [-0.2, -0.15) is 0 Å². The summed E-state index contributed by atoms with van der Waals surface area (Å²) in [6, 6.07) is 20.2. The summed E-state index contributed by atoms with van der Waals surface area (Å²) in [5.74, 6) is -0.127. The van der Waals surface area contributed by atoms with Gasteiger partial charge in [0.1, 0.15) is 0 Å². The molecule has 1 amide bonds. The van der Waals surface area contributed by atoms with Crippen LogP contribution in [-0.4, -0.2) is 43.0 Å². The van der Waals surface area contributed by atoms with E-state index in [1.165, 1.54) is 5.56 Å². The number of amides is 1. The lowest BCUT2D eigenvalue weighted by molar-refractivity contribution is -0.149. The fourth-order valence-corrected chi connectivity index (χ4v) is 3.82. The third kappa shape index (κ3) is 6.43. The summed E-state index contributed by atoms with van der Waals surface area (Å²) in [6.07, 6.45) is 2.25. The van der Waals surface area contributed by atoms with Gasteiger partial charge in [0.25, 0.3) is 0 Å². The second-order valence-electron chi connectivity index (χ2n) is 7.52. The van der Waals surface area contributed by atoms with Crippen LogP contribution in [0, 0.1) is 5.92 Å². The molecule has 1 aliphatic heterocycles. The Labute approximate surface area is 173 Å². The first kappa shape index (κ1) is 21.1. The highest BCUT2D eigenvalue weighted by molar-refractivity contribution is 5.78. The molecule has 154 valence electrons. The van der Waals surface area contributed by atoms with E-state index in [4.69, 9.17) is 4.74 Å². The molecule has 0 aliphatic carbocycles. The van der Waals surface area contributed by atoms with Crippen molar-refractivity contribution in [3.63, 3.8) is 0 Å². The quantitative estimate of drug-likeness (QED) is 0.698. The third-order valence-electron chi connectivity index (χ3n) is 5.39. The van der Waals surface area contributed by atoms with E-state index in [1.807, 2.05) is 43.3 Å². The van der Waals surface area contributed by atoms with Gasteiger partial charge in [-0.15, -0.1) is 0 Å². The maximum atomic E-state index is 12.8. The minimum Gasteiger partial charge on any atom is -0.466 e. The normalized spacial score (nSPS) is 16.2. The van der Waals surface area contributed by atoms with Crippen LogP contribution in [0.15, 0.2) is 60.7 Å². The molecule has 1 saturated heterocycles. The fraction of sp³-hybridized carbons (Fsp3) is 0.417. The van der Waals surface area contributed by atoms with Crippen molar-refractivity contribution in [2.75, 3.05) is 26.2 Å². The molecular weight excluding hydrogens is 364 g/mol. The third-order valence-corrected chi connectivity index (χ3v) is 5.39. The molecule has 2 aromatic carbocycles. The molecule has 0 saturated carbocycles. The first-order valence-electron chi connectivity index (χ1n) is 10.4. The van der Waals surface area contributed by atoms with Gasteiger partial charge in [0.2, 0.25) is 5.91 Å². The van der Waals surface area contributed by atoms with Gasteiger partial charge in [-0.3, -0.25) is 14.5 Å². The molecule has 1 aliphatic rings. The number of carbonyl (C=O) groups excluding carboxylic acids is 2. The Bertz CT molecular complexity index is 771. The number of esters is 1. The molecule has 0 unspecified atom stereocenters. The SMILES string of the molecule is CCOC(=O)C1CCN(CC(=O)N[C@H](Cc2ccccc2)c2ccccc2)CC1. The molecule has 1 N–H and O–H groups in total. The van der Waals surface area contributed by atoms with Gasteiger partial charge in [-0.1, -0.05) is 60.7 Å². The molecule has 5 nitrogen and oxygen atoms in total. The summed E-state index contributed by atoms with van der Waals surface area (Å²) in [6.45, 7) is 4.09. The van der Waals surface area contributed by atoms with Gasteiger partial charge >= 0.3 is 5.97 Å². The number of ether oxygens (including phenoxy) is 1. The van der Waals surface area contributed by atoms with Crippen molar-refractivity contribution in [2.24, 2.45) is 5.92 Å². The maximum absolute atomic E-state index is 12.8. The van der Waals surface area contributed by atoms with E-state index in [-0.39, 0.29) is 23.8 Å². The molecule has 2 aromatic rings. The van der Waals surface area contributed by atoms with E-state index >= 15 is 0 Å². The maximum Gasteiger partial charge on any atom is 0.309 e. The van der Waals surface area contributed by atoms with Gasteiger partial charge in [0.15, 0.2) is 0 Å². The van der Waals surface area contributed by atoms with Crippen molar-refractivity contribution in [2.45, 2.75) is 32.2 Å². The Kier molecular flexibility index (Phi) is 7.82. The highest BCUT2D eigenvalue weighted by atomic mass is 16.5. The van der Waals surface area contributed by atoms with Crippen LogP contribution in [-0.2, 0) is 20.7 Å². The number of nitrogens with one attached hydrogen (secondary N) is 1. The molecule has 0 aromatic heterocycles. The first-order valence-corrected chi connectivity index (χ1v) is 10.4. The van der Waals surface area contributed by atoms with Crippen LogP contribution >= 0.6 is 0 Å². The topological polar surface area (TPSA) is 58.6 Å². The molecule has 3 rings (SSSR count). The monoisotopic (exact) mass is 394 g/mol. The van der Waals surface area contributed by atoms with Crippen molar-refractivity contribution in [3.8, 4) is 0 Å². The number of nitrogens with zero attached hydrogens (tertiary/aromatic N) is 1. The van der Waals surface area contributed by atoms with Crippen LogP contribution in [0.4, 0.5) is 0 Å². The highest BCUT2D eigenvalue weighted by Gasteiger charge is 2.27. The zero-order valence-electron chi connectivity index (χ0n) is 17.0. The summed E-state index contributed by atoms with van der Waals surface area (Å²) < 4.78 is 5.12. The van der Waals surface area contributed by atoms with Gasteiger partial charge in [0.05, 0.1) is 25.1 Å². The lowest BCUT2D eigenvalue weighted by atomic mass is 9.97. The van der Waals surface area contributed by atoms with E-state index in [2.05, 4.69) is 34.5 Å². The van der Waals surface area contributed by atoms with Crippen LogP contribution in [0.2, 0.25) is 0 Å². The zero-order chi connectivity index (χ0) is 20.5. The van der Waals surface area contributed by atoms with Crippen LogP contribution in [0.25, 0.3) is 0 Å². The van der Waals surface area contributed by atoms with Gasteiger partial charge in [0, 0.05) is 0 Å². The van der Waals surface area contributed by atoms with Gasteiger partial charge in [-0.05, 0) is 50.4 Å². The average molecular weight is 395 g/mol. The van der Waals surface area contributed by atoms with Gasteiger partial charge < -0.3 is 10.1 Å². The van der Waals surface area contributed by atoms with E-state index in [0.717, 1.165) is 37.9 Å². The Balaban J connectivity index is 1.56. The summed E-state index contributed by atoms with van der Waals surface area (Å²) in [4.78, 5) is 26.8. The second kappa shape index (κ2) is 10.8. The van der Waals surface area contributed by atoms with Crippen molar-refractivity contribution in [1.82, 2.24) is 10.2 Å². The molecule has 1 fully saturated rings. The molecule has 0 radical (unpaired) electrons. The summed E-state index contributed by atoms with van der Waals surface area (Å²) in [7, 11) is 0. The predicted molar refractivity (Wildman–Crippen MR) is 113 cm³/mol.